The fourth-order valence-electron chi connectivity index (χ4n) is 2.61. The van der Waals surface area contributed by atoms with Gasteiger partial charge in [0, 0.05) is 38.2 Å². The van der Waals surface area contributed by atoms with Crippen LogP contribution >= 0.6 is 0 Å². The molecule has 0 bridgehead atoms. The molecule has 4 heteroatoms. The Kier molecular flexibility index (Phi) is 7.87. The molecule has 0 saturated heterocycles. The van der Waals surface area contributed by atoms with Gasteiger partial charge in [0.1, 0.15) is 0 Å². The molecule has 28 heavy (non-hydrogen) atoms. The van der Waals surface area contributed by atoms with Gasteiger partial charge in [-0.15, -0.1) is 0 Å². The highest BCUT2D eigenvalue weighted by Gasteiger charge is 1.99. The van der Waals surface area contributed by atoms with Crippen molar-refractivity contribution in [1.82, 2.24) is 19.9 Å². The van der Waals surface area contributed by atoms with Gasteiger partial charge in [-0.25, -0.2) is 0 Å². The maximum absolute atomic E-state index is 4.33. The predicted octanol–water partition coefficient (Wildman–Crippen LogP) is 4.61. The number of rotatable bonds is 9. The van der Waals surface area contributed by atoms with Gasteiger partial charge in [-0.2, -0.15) is 0 Å². The van der Waals surface area contributed by atoms with E-state index < -0.39 is 0 Å². The fourth-order valence-corrected chi connectivity index (χ4v) is 2.61. The van der Waals surface area contributed by atoms with Gasteiger partial charge in [-0.3, -0.25) is 19.9 Å². The third-order valence-corrected chi connectivity index (χ3v) is 4.02. The normalized spacial score (nSPS) is 11.9. The first-order chi connectivity index (χ1) is 13.9. The third-order valence-electron chi connectivity index (χ3n) is 4.02. The van der Waals surface area contributed by atoms with Crippen LogP contribution in [0.1, 0.15) is 17.1 Å². The van der Waals surface area contributed by atoms with Crippen LogP contribution in [0.25, 0.3) is 18.2 Å². The monoisotopic (exact) mass is 368 g/mol. The minimum Gasteiger partial charge on any atom is -0.292 e. The zero-order valence-electron chi connectivity index (χ0n) is 15.8. The Balaban J connectivity index is 1.59. The fraction of sp³-hybridized carbons (Fsp3) is 0.125. The molecule has 0 aromatic carbocycles. The second-order valence-corrected chi connectivity index (χ2v) is 6.19. The van der Waals surface area contributed by atoms with E-state index in [1.807, 2.05) is 73.2 Å². The van der Waals surface area contributed by atoms with Gasteiger partial charge < -0.3 is 0 Å². The molecule has 0 aliphatic carbocycles. The summed E-state index contributed by atoms with van der Waals surface area (Å²) in [6, 6.07) is 17.8. The number of hydrogen-bond acceptors (Lipinski definition) is 4. The van der Waals surface area contributed by atoms with Crippen LogP contribution in [-0.2, 0) is 0 Å². The predicted molar refractivity (Wildman–Crippen MR) is 116 cm³/mol. The first kappa shape index (κ1) is 19.4. The van der Waals surface area contributed by atoms with Gasteiger partial charge in [-0.1, -0.05) is 36.4 Å². The highest BCUT2D eigenvalue weighted by molar-refractivity contribution is 5.46. The van der Waals surface area contributed by atoms with Crippen molar-refractivity contribution in [2.45, 2.75) is 0 Å². The second kappa shape index (κ2) is 11.4. The van der Waals surface area contributed by atoms with Crippen LogP contribution in [0, 0.1) is 0 Å². The van der Waals surface area contributed by atoms with Crippen molar-refractivity contribution in [2.75, 3.05) is 19.6 Å². The van der Waals surface area contributed by atoms with Gasteiger partial charge in [0.15, 0.2) is 0 Å². The Morgan fingerprint density at radius 2 is 0.893 bits per heavy atom. The lowest BCUT2D eigenvalue weighted by Crippen LogP contribution is -2.24. The van der Waals surface area contributed by atoms with Crippen LogP contribution in [-0.4, -0.2) is 39.5 Å². The molecule has 0 fully saturated rings. The van der Waals surface area contributed by atoms with Crippen LogP contribution in [0.2, 0.25) is 0 Å². The van der Waals surface area contributed by atoms with Crippen molar-refractivity contribution in [3.8, 4) is 0 Å². The molecule has 140 valence electrons. The third kappa shape index (κ3) is 7.09. The quantitative estimate of drug-likeness (QED) is 0.553. The van der Waals surface area contributed by atoms with E-state index in [0.29, 0.717) is 0 Å². The van der Waals surface area contributed by atoms with Crippen molar-refractivity contribution in [1.29, 1.82) is 0 Å². The molecule has 0 atom stereocenters. The minimum atomic E-state index is 0.829. The lowest BCUT2D eigenvalue weighted by atomic mass is 10.3. The minimum absolute atomic E-state index is 0.829. The van der Waals surface area contributed by atoms with Crippen molar-refractivity contribution < 1.29 is 0 Å². The van der Waals surface area contributed by atoms with E-state index in [2.05, 4.69) is 56.3 Å². The first-order valence-corrected chi connectivity index (χ1v) is 9.35. The SMILES string of the molecule is C(=Cc1ccccn1)CN(CC=Cc1ccccn1)CC=Cc1ccccn1. The summed E-state index contributed by atoms with van der Waals surface area (Å²) in [6.45, 7) is 2.49. The molecule has 0 N–H and O–H groups in total. The second-order valence-electron chi connectivity index (χ2n) is 6.19. The Morgan fingerprint density at radius 1 is 0.536 bits per heavy atom. The van der Waals surface area contributed by atoms with Gasteiger partial charge in [-0.05, 0) is 54.6 Å². The summed E-state index contributed by atoms with van der Waals surface area (Å²) >= 11 is 0. The van der Waals surface area contributed by atoms with Crippen LogP contribution in [0.5, 0.6) is 0 Å². The Bertz CT molecular complexity index is 765. The summed E-state index contributed by atoms with van der Waals surface area (Å²) in [7, 11) is 0. The smallest absolute Gasteiger partial charge is 0.0626 e. The van der Waals surface area contributed by atoms with Gasteiger partial charge in [0.2, 0.25) is 0 Å². The topological polar surface area (TPSA) is 41.9 Å². The average molecular weight is 368 g/mol. The Labute approximate surface area is 166 Å². The molecule has 3 heterocycles. The maximum atomic E-state index is 4.33. The molecular weight excluding hydrogens is 344 g/mol. The largest absolute Gasteiger partial charge is 0.292 e. The van der Waals surface area contributed by atoms with Gasteiger partial charge >= 0.3 is 0 Å². The van der Waals surface area contributed by atoms with E-state index in [4.69, 9.17) is 0 Å². The summed E-state index contributed by atoms with van der Waals surface area (Å²) in [5.41, 5.74) is 2.90. The summed E-state index contributed by atoms with van der Waals surface area (Å²) < 4.78 is 0. The zero-order valence-corrected chi connectivity index (χ0v) is 15.8. The maximum Gasteiger partial charge on any atom is 0.0626 e. The summed E-state index contributed by atoms with van der Waals surface area (Å²) in [4.78, 5) is 15.3. The summed E-state index contributed by atoms with van der Waals surface area (Å²) in [5.74, 6) is 0. The van der Waals surface area contributed by atoms with E-state index in [9.17, 15) is 0 Å². The molecule has 4 nitrogen and oxygen atoms in total. The van der Waals surface area contributed by atoms with Crippen LogP contribution < -0.4 is 0 Å². The van der Waals surface area contributed by atoms with Gasteiger partial charge in [0.05, 0.1) is 17.1 Å². The number of hydrogen-bond donors (Lipinski definition) is 0. The lowest BCUT2D eigenvalue weighted by Gasteiger charge is -2.16. The van der Waals surface area contributed by atoms with Crippen LogP contribution in [0.4, 0.5) is 0 Å². The molecule has 3 rings (SSSR count). The molecule has 3 aromatic rings. The molecular formula is C24H24N4. The Morgan fingerprint density at radius 3 is 1.18 bits per heavy atom. The molecule has 0 unspecified atom stereocenters. The Hall–Kier alpha value is -3.37. The van der Waals surface area contributed by atoms with E-state index in [1.54, 1.807) is 0 Å². The van der Waals surface area contributed by atoms with Crippen molar-refractivity contribution in [3.63, 3.8) is 0 Å². The molecule has 0 aliphatic heterocycles. The standard InChI is InChI=1S/C24H24N4/c1-4-16-25-22(10-1)13-7-19-28(20-8-14-23-11-2-5-17-26-23)21-9-15-24-12-3-6-18-27-24/h1-18H,19-21H2. The molecule has 0 amide bonds. The molecule has 0 spiro atoms. The molecule has 0 radical (unpaired) electrons. The number of nitrogens with zero attached hydrogens (tertiary/aromatic N) is 4. The van der Waals surface area contributed by atoms with Crippen LogP contribution in [0.3, 0.4) is 0 Å². The number of aromatic nitrogens is 3. The highest BCUT2D eigenvalue weighted by Crippen LogP contribution is 2.02. The van der Waals surface area contributed by atoms with E-state index in [1.165, 1.54) is 0 Å². The van der Waals surface area contributed by atoms with E-state index in [0.717, 1.165) is 36.7 Å². The van der Waals surface area contributed by atoms with Crippen molar-refractivity contribution in [2.24, 2.45) is 0 Å². The molecule has 0 saturated carbocycles. The number of pyridine rings is 3. The van der Waals surface area contributed by atoms with Gasteiger partial charge in [0.25, 0.3) is 0 Å². The van der Waals surface area contributed by atoms with Crippen LogP contribution in [0.15, 0.2) is 91.4 Å². The lowest BCUT2D eigenvalue weighted by molar-refractivity contribution is 0.374. The zero-order chi connectivity index (χ0) is 19.3. The molecule has 0 aliphatic rings. The first-order valence-electron chi connectivity index (χ1n) is 9.35. The van der Waals surface area contributed by atoms with Crippen molar-refractivity contribution in [3.05, 3.63) is 108 Å². The van der Waals surface area contributed by atoms with E-state index in [-0.39, 0.29) is 0 Å². The van der Waals surface area contributed by atoms with E-state index >= 15 is 0 Å². The highest BCUT2D eigenvalue weighted by atomic mass is 15.1. The summed E-state index contributed by atoms with van der Waals surface area (Å²) in [5, 5.41) is 0. The molecule has 3 aromatic heterocycles. The van der Waals surface area contributed by atoms with Crippen molar-refractivity contribution >= 4 is 18.2 Å². The average Bonchev–Trinajstić information content (AvgIpc) is 2.76. The summed E-state index contributed by atoms with van der Waals surface area (Å²) in [6.07, 6.45) is 18.0.